The number of alkyl halides is 3. The normalized spacial score (nSPS) is 13.2. The molecule has 1 rings (SSSR count). The molecule has 0 radical (unpaired) electrons. The van der Waals surface area contributed by atoms with Crippen LogP contribution in [-0.4, -0.2) is 31.5 Å². The highest BCUT2D eigenvalue weighted by Crippen LogP contribution is 2.30. The summed E-state index contributed by atoms with van der Waals surface area (Å²) in [7, 11) is -4.28. The number of sulfonamides is 1. The van der Waals surface area contributed by atoms with Crippen molar-refractivity contribution in [2.24, 2.45) is 0 Å². The molecule has 0 atom stereocenters. The lowest BCUT2D eigenvalue weighted by Crippen LogP contribution is -2.43. The van der Waals surface area contributed by atoms with Crippen LogP contribution in [0.5, 0.6) is 0 Å². The van der Waals surface area contributed by atoms with Gasteiger partial charge in [0, 0.05) is 11.7 Å². The van der Waals surface area contributed by atoms with E-state index in [0.29, 0.717) is 9.87 Å². The van der Waals surface area contributed by atoms with Crippen molar-refractivity contribution in [2.75, 3.05) is 12.3 Å². The van der Waals surface area contributed by atoms with Crippen molar-refractivity contribution in [3.63, 3.8) is 0 Å². The second-order valence-corrected chi connectivity index (χ2v) is 7.01. The summed E-state index contributed by atoms with van der Waals surface area (Å²) >= 11 is 0. The standard InChI is InChI=1S/C13H19F3N2O2S/c1-8(2)18(7-13(14,15)16)21(19,20)12-9(3)5-6-11(17)10(12)4/h5-6,8H,7,17H2,1-4H3. The van der Waals surface area contributed by atoms with Crippen molar-refractivity contribution >= 4 is 15.7 Å². The average Bonchev–Trinajstić information content (AvgIpc) is 2.29. The summed E-state index contributed by atoms with van der Waals surface area (Å²) in [6, 6.07) is 2.20. The van der Waals surface area contributed by atoms with E-state index in [1.54, 1.807) is 0 Å². The molecule has 0 fully saturated rings. The summed E-state index contributed by atoms with van der Waals surface area (Å²) in [6.45, 7) is 4.30. The van der Waals surface area contributed by atoms with Gasteiger partial charge in [-0.1, -0.05) is 6.07 Å². The fraction of sp³-hybridized carbons (Fsp3) is 0.538. The van der Waals surface area contributed by atoms with Crippen LogP contribution < -0.4 is 5.73 Å². The van der Waals surface area contributed by atoms with E-state index < -0.39 is 28.8 Å². The molecule has 0 aliphatic carbocycles. The summed E-state index contributed by atoms with van der Waals surface area (Å²) < 4.78 is 63.7. The summed E-state index contributed by atoms with van der Waals surface area (Å²) in [5.74, 6) is 0. The van der Waals surface area contributed by atoms with E-state index in [1.807, 2.05) is 0 Å². The number of rotatable bonds is 4. The third-order valence-corrected chi connectivity index (χ3v) is 5.43. The van der Waals surface area contributed by atoms with Gasteiger partial charge < -0.3 is 5.73 Å². The predicted molar refractivity (Wildman–Crippen MR) is 75.4 cm³/mol. The van der Waals surface area contributed by atoms with Gasteiger partial charge in [-0.2, -0.15) is 17.5 Å². The number of hydrogen-bond donors (Lipinski definition) is 1. The molecule has 0 aromatic heterocycles. The van der Waals surface area contributed by atoms with E-state index in [2.05, 4.69) is 0 Å². The third kappa shape index (κ3) is 3.88. The zero-order chi connectivity index (χ0) is 16.6. The monoisotopic (exact) mass is 324 g/mol. The average molecular weight is 324 g/mol. The van der Waals surface area contributed by atoms with Crippen LogP contribution in [0.25, 0.3) is 0 Å². The van der Waals surface area contributed by atoms with Gasteiger partial charge in [0.2, 0.25) is 10.0 Å². The Morgan fingerprint density at radius 2 is 1.76 bits per heavy atom. The van der Waals surface area contributed by atoms with Gasteiger partial charge in [0.05, 0.1) is 4.90 Å². The van der Waals surface area contributed by atoms with Gasteiger partial charge in [-0.05, 0) is 44.9 Å². The fourth-order valence-corrected chi connectivity index (χ4v) is 4.16. The lowest BCUT2D eigenvalue weighted by atomic mass is 10.1. The molecule has 120 valence electrons. The molecule has 0 aliphatic rings. The first-order valence-corrected chi connectivity index (χ1v) is 7.76. The summed E-state index contributed by atoms with van der Waals surface area (Å²) in [6.07, 6.45) is -4.61. The largest absolute Gasteiger partial charge is 0.402 e. The highest BCUT2D eigenvalue weighted by atomic mass is 32.2. The van der Waals surface area contributed by atoms with Crippen molar-refractivity contribution in [3.8, 4) is 0 Å². The van der Waals surface area contributed by atoms with Crippen molar-refractivity contribution in [1.82, 2.24) is 4.31 Å². The van der Waals surface area contributed by atoms with Gasteiger partial charge in [0.15, 0.2) is 0 Å². The number of nitrogen functional groups attached to an aromatic ring is 1. The van der Waals surface area contributed by atoms with E-state index in [9.17, 15) is 21.6 Å². The Balaban J connectivity index is 3.48. The van der Waals surface area contributed by atoms with E-state index in [4.69, 9.17) is 5.73 Å². The number of nitrogens with zero attached hydrogens (tertiary/aromatic N) is 1. The lowest BCUT2D eigenvalue weighted by molar-refractivity contribution is -0.138. The van der Waals surface area contributed by atoms with Gasteiger partial charge >= 0.3 is 6.18 Å². The Kier molecular flexibility index (Phi) is 4.94. The highest BCUT2D eigenvalue weighted by Gasteiger charge is 2.39. The Bertz CT molecular complexity index is 625. The van der Waals surface area contributed by atoms with E-state index in [-0.39, 0.29) is 16.1 Å². The third-order valence-electron chi connectivity index (χ3n) is 3.12. The van der Waals surface area contributed by atoms with Crippen LogP contribution in [-0.2, 0) is 10.0 Å². The van der Waals surface area contributed by atoms with E-state index in [0.717, 1.165) is 0 Å². The number of hydrogen-bond acceptors (Lipinski definition) is 3. The maximum Gasteiger partial charge on any atom is 0.402 e. The van der Waals surface area contributed by atoms with Crippen molar-refractivity contribution in [1.29, 1.82) is 0 Å². The molecule has 0 bridgehead atoms. The molecule has 0 spiro atoms. The first-order chi connectivity index (χ1) is 9.38. The van der Waals surface area contributed by atoms with Crippen LogP contribution in [0, 0.1) is 13.8 Å². The molecule has 0 amide bonds. The second kappa shape index (κ2) is 5.84. The van der Waals surface area contributed by atoms with Crippen LogP contribution in [0.15, 0.2) is 17.0 Å². The van der Waals surface area contributed by atoms with Crippen LogP contribution >= 0.6 is 0 Å². The minimum atomic E-state index is -4.61. The SMILES string of the molecule is Cc1ccc(N)c(C)c1S(=O)(=O)N(CC(F)(F)F)C(C)C. The topological polar surface area (TPSA) is 63.4 Å². The predicted octanol–water partition coefficient (Wildman–Crippen LogP) is 2.85. The fourth-order valence-electron chi connectivity index (χ4n) is 2.08. The van der Waals surface area contributed by atoms with E-state index in [1.165, 1.54) is 39.8 Å². The zero-order valence-corrected chi connectivity index (χ0v) is 13.1. The quantitative estimate of drug-likeness (QED) is 0.866. The van der Waals surface area contributed by atoms with Gasteiger partial charge in [-0.15, -0.1) is 0 Å². The lowest BCUT2D eigenvalue weighted by Gasteiger charge is -2.28. The Hall–Kier alpha value is -1.28. The van der Waals surface area contributed by atoms with Crippen LogP contribution in [0.2, 0.25) is 0 Å². The van der Waals surface area contributed by atoms with Crippen molar-refractivity contribution in [2.45, 2.75) is 44.8 Å². The number of nitrogens with two attached hydrogens (primary N) is 1. The molecule has 1 aromatic rings. The minimum Gasteiger partial charge on any atom is -0.398 e. The molecule has 2 N–H and O–H groups in total. The van der Waals surface area contributed by atoms with Gasteiger partial charge in [-0.3, -0.25) is 0 Å². The number of benzene rings is 1. The number of anilines is 1. The molecule has 1 aromatic carbocycles. The first kappa shape index (κ1) is 17.8. The number of aryl methyl sites for hydroxylation is 1. The van der Waals surface area contributed by atoms with Gasteiger partial charge in [0.1, 0.15) is 6.54 Å². The molecule has 0 unspecified atom stereocenters. The molecule has 8 heteroatoms. The molecule has 4 nitrogen and oxygen atoms in total. The summed E-state index contributed by atoms with van der Waals surface area (Å²) in [5, 5.41) is 0. The van der Waals surface area contributed by atoms with Crippen molar-refractivity contribution in [3.05, 3.63) is 23.3 Å². The maximum atomic E-state index is 12.7. The minimum absolute atomic E-state index is 0.152. The molecule has 0 aliphatic heterocycles. The Labute approximate surface area is 122 Å². The molecule has 0 saturated heterocycles. The zero-order valence-electron chi connectivity index (χ0n) is 12.3. The maximum absolute atomic E-state index is 12.7. The second-order valence-electron chi connectivity index (χ2n) is 5.19. The molecule has 0 saturated carbocycles. The van der Waals surface area contributed by atoms with E-state index >= 15 is 0 Å². The van der Waals surface area contributed by atoms with Crippen LogP contribution in [0.3, 0.4) is 0 Å². The van der Waals surface area contributed by atoms with Crippen LogP contribution in [0.4, 0.5) is 18.9 Å². The summed E-state index contributed by atoms with van der Waals surface area (Å²) in [5.41, 5.74) is 6.55. The summed E-state index contributed by atoms with van der Waals surface area (Å²) in [4.78, 5) is -0.152. The number of halogens is 3. The van der Waals surface area contributed by atoms with Gasteiger partial charge in [0.25, 0.3) is 0 Å². The first-order valence-electron chi connectivity index (χ1n) is 6.32. The molecule has 0 heterocycles. The van der Waals surface area contributed by atoms with Gasteiger partial charge in [-0.25, -0.2) is 8.42 Å². The smallest absolute Gasteiger partial charge is 0.398 e. The van der Waals surface area contributed by atoms with Crippen molar-refractivity contribution < 1.29 is 21.6 Å². The Morgan fingerprint density at radius 3 is 2.19 bits per heavy atom. The molecule has 21 heavy (non-hydrogen) atoms. The van der Waals surface area contributed by atoms with Crippen LogP contribution in [0.1, 0.15) is 25.0 Å². The molecular formula is C13H19F3N2O2S. The molecular weight excluding hydrogens is 305 g/mol. The highest BCUT2D eigenvalue weighted by molar-refractivity contribution is 7.89. The Morgan fingerprint density at radius 1 is 1.24 bits per heavy atom.